The van der Waals surface area contributed by atoms with E-state index in [0.29, 0.717) is 41.8 Å². The van der Waals surface area contributed by atoms with E-state index in [9.17, 15) is 18.0 Å². The molecule has 41 heavy (non-hydrogen) atoms. The van der Waals surface area contributed by atoms with Gasteiger partial charge in [0.1, 0.15) is 0 Å². The molecule has 10 nitrogen and oxygen atoms in total. The molecule has 5 rings (SSSR count). The quantitative estimate of drug-likeness (QED) is 0.234. The molecular formula is C30H33N5O5S. The summed E-state index contributed by atoms with van der Waals surface area (Å²) in [5.41, 5.74) is 3.38. The third kappa shape index (κ3) is 6.30. The lowest BCUT2D eigenvalue weighted by Crippen LogP contribution is -2.37. The van der Waals surface area contributed by atoms with Crippen LogP contribution in [0.15, 0.2) is 77.7 Å². The summed E-state index contributed by atoms with van der Waals surface area (Å²) in [6.07, 6.45) is -0.673. The van der Waals surface area contributed by atoms with Crippen LogP contribution in [0.25, 0.3) is 22.0 Å². The maximum Gasteiger partial charge on any atom is 0.413 e. The summed E-state index contributed by atoms with van der Waals surface area (Å²) in [6.45, 7) is 7.98. The summed E-state index contributed by atoms with van der Waals surface area (Å²) in [6, 6.07) is 21.2. The van der Waals surface area contributed by atoms with Gasteiger partial charge in [0.15, 0.2) is 0 Å². The lowest BCUT2D eigenvalue weighted by molar-refractivity contribution is 0.195. The molecule has 1 aliphatic heterocycles. The van der Waals surface area contributed by atoms with Crippen LogP contribution in [0.5, 0.6) is 5.88 Å². The van der Waals surface area contributed by atoms with Crippen LogP contribution in [0.1, 0.15) is 26.3 Å². The molecular weight excluding hydrogens is 542 g/mol. The zero-order valence-electron chi connectivity index (χ0n) is 23.2. The fourth-order valence-electron chi connectivity index (χ4n) is 4.69. The van der Waals surface area contributed by atoms with Gasteiger partial charge in [0.25, 0.3) is 10.0 Å². The van der Waals surface area contributed by atoms with Gasteiger partial charge in [0.2, 0.25) is 5.88 Å². The van der Waals surface area contributed by atoms with E-state index in [2.05, 4.69) is 41.1 Å². The summed E-state index contributed by atoms with van der Waals surface area (Å²) in [4.78, 5) is 29.3. The third-order valence-corrected chi connectivity index (χ3v) is 8.30. The number of nitrogens with one attached hydrogen (secondary N) is 4. The van der Waals surface area contributed by atoms with E-state index < -0.39 is 16.1 Å². The van der Waals surface area contributed by atoms with Crippen LogP contribution in [0.3, 0.4) is 0 Å². The minimum absolute atomic E-state index is 0.0933. The van der Waals surface area contributed by atoms with Gasteiger partial charge < -0.3 is 25.3 Å². The number of hydrogen-bond acceptors (Lipinski definition) is 5. The van der Waals surface area contributed by atoms with Crippen LogP contribution in [0, 0.1) is 0 Å². The maximum atomic E-state index is 13.2. The van der Waals surface area contributed by atoms with E-state index in [-0.39, 0.29) is 28.8 Å². The highest BCUT2D eigenvalue weighted by molar-refractivity contribution is 7.92. The van der Waals surface area contributed by atoms with Gasteiger partial charge in [-0.1, -0.05) is 63.2 Å². The van der Waals surface area contributed by atoms with Crippen molar-refractivity contribution in [1.82, 2.24) is 20.5 Å². The van der Waals surface area contributed by atoms with Crippen molar-refractivity contribution in [2.24, 2.45) is 0 Å². The topological polar surface area (TPSA) is 133 Å². The van der Waals surface area contributed by atoms with Gasteiger partial charge in [0, 0.05) is 42.8 Å². The number of sulfonamides is 1. The monoisotopic (exact) mass is 575 g/mol. The number of nitrogens with zero attached hydrogens (tertiary/aromatic N) is 1. The van der Waals surface area contributed by atoms with Gasteiger partial charge in [-0.15, -0.1) is 0 Å². The van der Waals surface area contributed by atoms with Gasteiger partial charge >= 0.3 is 12.1 Å². The Labute approximate surface area is 239 Å². The van der Waals surface area contributed by atoms with Crippen molar-refractivity contribution in [2.75, 3.05) is 30.9 Å². The number of carbonyl (C=O) groups is 2. The molecule has 214 valence electrons. The summed E-state index contributed by atoms with van der Waals surface area (Å²) in [7, 11) is -3.84. The number of aromatic nitrogens is 1. The molecule has 4 aromatic rings. The Kier molecular flexibility index (Phi) is 7.63. The normalized spacial score (nSPS) is 13.7. The second kappa shape index (κ2) is 11.2. The minimum Gasteiger partial charge on any atom is -0.393 e. The highest BCUT2D eigenvalue weighted by Gasteiger charge is 2.22. The first-order chi connectivity index (χ1) is 19.5. The predicted molar refractivity (Wildman–Crippen MR) is 159 cm³/mol. The number of hydrogen-bond donors (Lipinski definition) is 4. The van der Waals surface area contributed by atoms with Crippen molar-refractivity contribution >= 4 is 38.7 Å². The second-order valence-electron chi connectivity index (χ2n) is 10.9. The first-order valence-electron chi connectivity index (χ1n) is 13.3. The van der Waals surface area contributed by atoms with Crippen LogP contribution in [0.4, 0.5) is 15.3 Å². The van der Waals surface area contributed by atoms with Gasteiger partial charge in [-0.3, -0.25) is 4.72 Å². The fraction of sp³-hybridized carbons (Fsp3) is 0.267. The number of urea groups is 1. The Morgan fingerprint density at radius 2 is 1.76 bits per heavy atom. The number of anilines is 1. The Balaban J connectivity index is 1.39. The van der Waals surface area contributed by atoms with Gasteiger partial charge in [-0.05, 0) is 46.9 Å². The van der Waals surface area contributed by atoms with Gasteiger partial charge in [-0.2, -0.15) is 0 Å². The van der Waals surface area contributed by atoms with E-state index in [0.717, 1.165) is 11.1 Å². The Morgan fingerprint density at radius 3 is 2.41 bits per heavy atom. The summed E-state index contributed by atoms with van der Waals surface area (Å²) >= 11 is 0. The fourth-order valence-corrected chi connectivity index (χ4v) is 5.74. The van der Waals surface area contributed by atoms with Crippen molar-refractivity contribution in [3.8, 4) is 17.0 Å². The Bertz CT molecular complexity index is 1680. The van der Waals surface area contributed by atoms with Crippen molar-refractivity contribution in [3.05, 3.63) is 78.4 Å². The standard InChI is InChI=1S/C30H33N5O5S/c1-30(2,3)21-9-12-23(13-10-21)41(38,39)34-22-11-14-25-24(19-22)26(20-7-5-4-6-8-20)27(33-25)40-29(37)32-16-18-35-17-15-31-28(35)36/h4-14,19,33-34H,15-18H2,1-3H3,(H,31,36)(H,32,37). The Hall–Kier alpha value is -4.51. The lowest BCUT2D eigenvalue weighted by atomic mass is 9.87. The number of H-pyrrole nitrogens is 1. The predicted octanol–water partition coefficient (Wildman–Crippen LogP) is 5.05. The number of fused-ring (bicyclic) bond motifs is 1. The number of carbonyl (C=O) groups excluding carboxylic acids is 2. The van der Waals surface area contributed by atoms with Crippen molar-refractivity contribution < 1.29 is 22.7 Å². The van der Waals surface area contributed by atoms with Crippen molar-refractivity contribution in [3.63, 3.8) is 0 Å². The van der Waals surface area contributed by atoms with Crippen LogP contribution < -0.4 is 20.1 Å². The van der Waals surface area contributed by atoms with E-state index in [1.54, 1.807) is 35.2 Å². The summed E-state index contributed by atoms with van der Waals surface area (Å²) in [5.74, 6) is 0.223. The maximum absolute atomic E-state index is 13.2. The van der Waals surface area contributed by atoms with Gasteiger partial charge in [0.05, 0.1) is 10.5 Å². The first kappa shape index (κ1) is 28.0. The van der Waals surface area contributed by atoms with Crippen LogP contribution in [0.2, 0.25) is 0 Å². The first-order valence-corrected chi connectivity index (χ1v) is 14.8. The SMILES string of the molecule is CC(C)(C)c1ccc(S(=O)(=O)Nc2ccc3[nH]c(OC(=O)NCCN4CCNC4=O)c(-c4ccccc4)c3c2)cc1. The molecule has 0 atom stereocenters. The van der Waals surface area contributed by atoms with Crippen LogP contribution in [-0.2, 0) is 15.4 Å². The van der Waals surface area contributed by atoms with E-state index >= 15 is 0 Å². The molecule has 4 N–H and O–H groups in total. The molecule has 2 heterocycles. The molecule has 1 fully saturated rings. The molecule has 0 bridgehead atoms. The molecule has 1 aromatic heterocycles. The molecule has 1 aliphatic rings. The zero-order chi connectivity index (χ0) is 29.2. The molecule has 0 unspecified atom stereocenters. The molecule has 0 radical (unpaired) electrons. The smallest absolute Gasteiger partial charge is 0.393 e. The van der Waals surface area contributed by atoms with Crippen LogP contribution in [-0.4, -0.2) is 56.6 Å². The lowest BCUT2D eigenvalue weighted by Gasteiger charge is -2.19. The highest BCUT2D eigenvalue weighted by Crippen LogP contribution is 2.39. The van der Waals surface area contributed by atoms with E-state index in [1.165, 1.54) is 0 Å². The van der Waals surface area contributed by atoms with Crippen molar-refractivity contribution in [1.29, 1.82) is 0 Å². The van der Waals surface area contributed by atoms with Crippen LogP contribution >= 0.6 is 0 Å². The number of aromatic amines is 1. The number of benzene rings is 3. The number of amides is 3. The molecule has 0 spiro atoms. The average molecular weight is 576 g/mol. The zero-order valence-corrected chi connectivity index (χ0v) is 24.0. The molecule has 3 aromatic carbocycles. The Morgan fingerprint density at radius 1 is 1.02 bits per heavy atom. The second-order valence-corrected chi connectivity index (χ2v) is 12.6. The largest absolute Gasteiger partial charge is 0.413 e. The number of ether oxygens (including phenoxy) is 1. The van der Waals surface area contributed by atoms with Crippen molar-refractivity contribution in [2.45, 2.75) is 31.1 Å². The number of rotatable bonds is 8. The van der Waals surface area contributed by atoms with Gasteiger partial charge in [-0.25, -0.2) is 18.0 Å². The minimum atomic E-state index is -3.84. The molecule has 3 amide bonds. The summed E-state index contributed by atoms with van der Waals surface area (Å²) < 4.78 is 34.7. The third-order valence-electron chi connectivity index (χ3n) is 6.90. The summed E-state index contributed by atoms with van der Waals surface area (Å²) in [5, 5.41) is 6.08. The average Bonchev–Trinajstić information content (AvgIpc) is 3.50. The molecule has 1 saturated heterocycles. The molecule has 0 saturated carbocycles. The highest BCUT2D eigenvalue weighted by atomic mass is 32.2. The van der Waals surface area contributed by atoms with E-state index in [1.807, 2.05) is 42.5 Å². The molecule has 0 aliphatic carbocycles. The van der Waals surface area contributed by atoms with E-state index in [4.69, 9.17) is 4.74 Å². The molecule has 11 heteroatoms.